The number of rotatable bonds is 4. The Hall–Kier alpha value is -4.89. The number of aromatic nitrogens is 3. The van der Waals surface area contributed by atoms with Crippen molar-refractivity contribution in [2.75, 3.05) is 0 Å². The maximum atomic E-state index is 4.87. The number of aryl methyl sites for hydroxylation is 4. The van der Waals surface area contributed by atoms with Crippen molar-refractivity contribution in [3.05, 3.63) is 131 Å². The van der Waals surface area contributed by atoms with Crippen molar-refractivity contribution < 1.29 is 0 Å². The summed E-state index contributed by atoms with van der Waals surface area (Å²) in [4.78, 5) is 3.86. The van der Waals surface area contributed by atoms with Gasteiger partial charge in [0.2, 0.25) is 0 Å². The van der Waals surface area contributed by atoms with Crippen LogP contribution in [0.2, 0.25) is 0 Å². The number of benzene rings is 5. The first-order valence-corrected chi connectivity index (χ1v) is 17.1. The van der Waals surface area contributed by atoms with E-state index in [0.717, 1.165) is 17.1 Å². The van der Waals surface area contributed by atoms with Gasteiger partial charge in [0.25, 0.3) is 0 Å². The molecule has 3 heteroatoms. The third-order valence-corrected chi connectivity index (χ3v) is 9.89. The van der Waals surface area contributed by atoms with E-state index >= 15 is 0 Å². The summed E-state index contributed by atoms with van der Waals surface area (Å²) >= 11 is 0. The third kappa shape index (κ3) is 5.66. The maximum Gasteiger partial charge on any atom is 0.0661 e. The van der Waals surface area contributed by atoms with Gasteiger partial charge < -0.3 is 4.98 Å². The van der Waals surface area contributed by atoms with Crippen LogP contribution in [0.15, 0.2) is 97.1 Å². The lowest BCUT2D eigenvalue weighted by atomic mass is 9.82. The topological polar surface area (TPSA) is 33.6 Å². The summed E-state index contributed by atoms with van der Waals surface area (Å²) in [7, 11) is 0. The van der Waals surface area contributed by atoms with Crippen LogP contribution < -0.4 is 0 Å². The normalized spacial score (nSPS) is 12.4. The molecule has 2 aromatic heterocycles. The van der Waals surface area contributed by atoms with Crippen molar-refractivity contribution in [2.24, 2.45) is 0 Å². The van der Waals surface area contributed by atoms with Crippen LogP contribution in [-0.4, -0.2) is 14.8 Å². The minimum Gasteiger partial charge on any atom is -0.354 e. The van der Waals surface area contributed by atoms with Gasteiger partial charge in [0.05, 0.1) is 16.9 Å². The maximum absolute atomic E-state index is 4.87. The van der Waals surface area contributed by atoms with E-state index in [0.29, 0.717) is 0 Å². The molecule has 0 amide bonds. The second-order valence-corrected chi connectivity index (χ2v) is 15.8. The van der Waals surface area contributed by atoms with Crippen LogP contribution in [0.5, 0.6) is 0 Å². The molecule has 7 rings (SSSR count). The predicted octanol–water partition coefficient (Wildman–Crippen LogP) is 12.3. The molecule has 0 saturated heterocycles. The first-order chi connectivity index (χ1) is 22.7. The minimum absolute atomic E-state index is 0.00568. The molecule has 2 heterocycles. The number of nitrogens with one attached hydrogen (secondary N) is 1. The van der Waals surface area contributed by atoms with E-state index in [1.54, 1.807) is 0 Å². The van der Waals surface area contributed by atoms with Crippen molar-refractivity contribution in [3.8, 4) is 39.1 Å². The highest BCUT2D eigenvalue weighted by Crippen LogP contribution is 2.42. The average molecular weight is 630 g/mol. The molecule has 242 valence electrons. The highest BCUT2D eigenvalue weighted by atomic mass is 15.3. The summed E-state index contributed by atoms with van der Waals surface area (Å²) in [5, 5.41) is 7.45. The van der Waals surface area contributed by atoms with Gasteiger partial charge in [-0.25, -0.2) is 4.68 Å². The van der Waals surface area contributed by atoms with Crippen LogP contribution in [0.25, 0.3) is 60.9 Å². The largest absolute Gasteiger partial charge is 0.354 e. The van der Waals surface area contributed by atoms with E-state index in [4.69, 9.17) is 5.10 Å². The smallest absolute Gasteiger partial charge is 0.0661 e. The van der Waals surface area contributed by atoms with Crippen LogP contribution in [0, 0.1) is 27.7 Å². The molecule has 0 atom stereocenters. The summed E-state index contributed by atoms with van der Waals surface area (Å²) in [6.07, 6.45) is 0. The zero-order valence-corrected chi connectivity index (χ0v) is 30.1. The van der Waals surface area contributed by atoms with Gasteiger partial charge in [-0.15, -0.1) is 0 Å². The Bertz CT molecular complexity index is 2330. The molecule has 48 heavy (non-hydrogen) atoms. The fraction of sp³-hybridized carbons (Fsp3) is 0.267. The molecular formula is C45H47N3. The van der Waals surface area contributed by atoms with Gasteiger partial charge in [0, 0.05) is 27.5 Å². The molecule has 0 fully saturated rings. The van der Waals surface area contributed by atoms with E-state index in [1.807, 2.05) is 0 Å². The molecule has 0 bridgehead atoms. The molecule has 0 radical (unpaired) electrons. The zero-order chi connectivity index (χ0) is 34.1. The van der Waals surface area contributed by atoms with Gasteiger partial charge in [-0.2, -0.15) is 5.10 Å². The van der Waals surface area contributed by atoms with E-state index in [-0.39, 0.29) is 10.8 Å². The van der Waals surface area contributed by atoms with E-state index in [9.17, 15) is 0 Å². The average Bonchev–Trinajstić information content (AvgIpc) is 3.58. The molecule has 0 aliphatic heterocycles. The molecule has 7 aromatic rings. The Morgan fingerprint density at radius 1 is 0.542 bits per heavy atom. The second-order valence-electron chi connectivity index (χ2n) is 15.8. The molecule has 5 aromatic carbocycles. The Kier molecular flexibility index (Phi) is 7.51. The van der Waals surface area contributed by atoms with E-state index in [2.05, 4.69) is 176 Å². The van der Waals surface area contributed by atoms with Crippen molar-refractivity contribution >= 4 is 21.8 Å². The lowest BCUT2D eigenvalue weighted by molar-refractivity contribution is 0.590. The Balaban J connectivity index is 1.49. The minimum atomic E-state index is -0.00568. The molecule has 3 nitrogen and oxygen atoms in total. The van der Waals surface area contributed by atoms with Gasteiger partial charge in [-0.3, -0.25) is 0 Å². The number of fused-ring (bicyclic) bond motifs is 3. The number of hydrogen-bond acceptors (Lipinski definition) is 1. The number of nitrogens with zero attached hydrogens (tertiary/aromatic N) is 2. The lowest BCUT2D eigenvalue weighted by Crippen LogP contribution is -2.11. The number of aromatic amines is 1. The standard InChI is InChI=1S/C45H47N3/c1-27-18-28(2)38(40-24-35(45(8,9)10)25-41-39-23-34(44(5,6)7)16-17-42(39)46-43(40)41)26-37(27)33-20-32(31-14-12-11-13-15-31)21-36(22-33)48-30(4)19-29(3)47-48/h11-26,46H,1-10H3. The first kappa shape index (κ1) is 31.7. The van der Waals surface area contributed by atoms with Crippen molar-refractivity contribution in [1.82, 2.24) is 14.8 Å². The van der Waals surface area contributed by atoms with Gasteiger partial charge >= 0.3 is 0 Å². The summed E-state index contributed by atoms with van der Waals surface area (Å²) in [5.41, 5.74) is 18.2. The quantitative estimate of drug-likeness (QED) is 0.206. The highest BCUT2D eigenvalue weighted by Gasteiger charge is 2.22. The SMILES string of the molecule is Cc1cc(C)n(-c2cc(-c3ccccc3)cc(-c3cc(-c4cc(C(C)(C)C)cc5c4[nH]c4ccc(C(C)(C)C)cc45)c(C)cc3C)c2)n1. The second kappa shape index (κ2) is 11.4. The predicted molar refractivity (Wildman–Crippen MR) is 206 cm³/mol. The van der Waals surface area contributed by atoms with Gasteiger partial charge in [0.15, 0.2) is 0 Å². The van der Waals surface area contributed by atoms with Crippen LogP contribution in [-0.2, 0) is 10.8 Å². The highest BCUT2D eigenvalue weighted by molar-refractivity contribution is 6.13. The van der Waals surface area contributed by atoms with Crippen molar-refractivity contribution in [3.63, 3.8) is 0 Å². The molecule has 0 aliphatic carbocycles. The Morgan fingerprint density at radius 3 is 1.88 bits per heavy atom. The molecular weight excluding hydrogens is 583 g/mol. The van der Waals surface area contributed by atoms with E-state index < -0.39 is 0 Å². The summed E-state index contributed by atoms with van der Waals surface area (Å²) < 4.78 is 2.07. The molecule has 0 spiro atoms. The molecule has 0 unspecified atom stereocenters. The molecule has 0 aliphatic rings. The summed E-state index contributed by atoms with van der Waals surface area (Å²) in [6, 6.07) is 36.3. The van der Waals surface area contributed by atoms with Crippen LogP contribution in [0.4, 0.5) is 0 Å². The van der Waals surface area contributed by atoms with Gasteiger partial charge in [-0.05, 0) is 143 Å². The van der Waals surface area contributed by atoms with Crippen LogP contribution >= 0.6 is 0 Å². The van der Waals surface area contributed by atoms with Crippen LogP contribution in [0.3, 0.4) is 0 Å². The van der Waals surface area contributed by atoms with Gasteiger partial charge in [-0.1, -0.05) is 84.0 Å². The third-order valence-electron chi connectivity index (χ3n) is 9.89. The Morgan fingerprint density at radius 2 is 1.21 bits per heavy atom. The number of H-pyrrole nitrogens is 1. The van der Waals surface area contributed by atoms with Crippen LogP contribution in [0.1, 0.15) is 75.2 Å². The molecule has 0 saturated carbocycles. The summed E-state index contributed by atoms with van der Waals surface area (Å²) in [5.74, 6) is 0. The monoisotopic (exact) mass is 629 g/mol. The van der Waals surface area contributed by atoms with E-state index in [1.165, 1.54) is 77.4 Å². The number of hydrogen-bond donors (Lipinski definition) is 1. The molecule has 1 N–H and O–H groups in total. The summed E-state index contributed by atoms with van der Waals surface area (Å²) in [6.45, 7) is 22.5. The van der Waals surface area contributed by atoms with Gasteiger partial charge in [0.1, 0.15) is 0 Å². The fourth-order valence-electron chi connectivity index (χ4n) is 7.14. The lowest BCUT2D eigenvalue weighted by Gasteiger charge is -2.22. The Labute approximate surface area is 285 Å². The fourth-order valence-corrected chi connectivity index (χ4v) is 7.14. The van der Waals surface area contributed by atoms with Crippen molar-refractivity contribution in [1.29, 1.82) is 0 Å². The zero-order valence-electron chi connectivity index (χ0n) is 30.1. The van der Waals surface area contributed by atoms with Crippen molar-refractivity contribution in [2.45, 2.75) is 80.1 Å². The first-order valence-electron chi connectivity index (χ1n) is 17.1.